The molecule has 0 bridgehead atoms. The summed E-state index contributed by atoms with van der Waals surface area (Å²) in [7, 11) is 0. The first kappa shape index (κ1) is 14.4. The Balaban J connectivity index is 0.00000182. The van der Waals surface area contributed by atoms with Crippen LogP contribution in [0.4, 0.5) is 0 Å². The van der Waals surface area contributed by atoms with Crippen LogP contribution in [-0.4, -0.2) is 29.1 Å². The second kappa shape index (κ2) is 5.16. The molecule has 0 amide bonds. The number of H-pyrrole nitrogens is 1. The lowest BCUT2D eigenvalue weighted by molar-refractivity contribution is 0.0526. The Kier molecular flexibility index (Phi) is 3.09. The highest BCUT2D eigenvalue weighted by atomic mass is 16.5. The zero-order chi connectivity index (χ0) is 16.8. The van der Waals surface area contributed by atoms with E-state index in [4.69, 9.17) is 4.74 Å². The molecule has 1 heterocycles. The predicted octanol–water partition coefficient (Wildman–Crippen LogP) is 3.37. The van der Waals surface area contributed by atoms with Crippen LogP contribution in [0, 0.1) is 0 Å². The number of ketones is 2. The van der Waals surface area contributed by atoms with Gasteiger partial charge in [-0.2, -0.15) is 0 Å². The lowest BCUT2D eigenvalue weighted by Crippen LogP contribution is -2.20. The first-order valence-corrected chi connectivity index (χ1v) is 7.63. The number of carbonyl (C=O) groups is 3. The molecule has 5 heteroatoms. The minimum atomic E-state index is -0.454. The van der Waals surface area contributed by atoms with Crippen LogP contribution in [0.15, 0.2) is 42.5 Å². The van der Waals surface area contributed by atoms with Crippen LogP contribution in [0.2, 0.25) is 0 Å². The largest absolute Gasteiger partial charge is 0.462 e. The maximum atomic E-state index is 12.8. The maximum Gasteiger partial charge on any atom is 0.338 e. The Morgan fingerprint density at radius 1 is 1.08 bits per heavy atom. The van der Waals surface area contributed by atoms with Gasteiger partial charge in [0.2, 0.25) is 5.78 Å². The van der Waals surface area contributed by atoms with Crippen LogP contribution < -0.4 is 0 Å². The third-order valence-corrected chi connectivity index (χ3v) is 4.18. The van der Waals surface area contributed by atoms with Crippen molar-refractivity contribution in [2.45, 2.75) is 6.92 Å². The molecule has 120 valence electrons. The van der Waals surface area contributed by atoms with Gasteiger partial charge in [-0.05, 0) is 25.1 Å². The summed E-state index contributed by atoms with van der Waals surface area (Å²) in [5, 5.41) is 0.559. The SMILES string of the molecule is CCOC(=O)c1ccc2[nH]c3c(c2c1)C(=O)c1ccccc1C3=O.[HH]. The second-order valence-electron chi connectivity index (χ2n) is 5.56. The van der Waals surface area contributed by atoms with E-state index in [9.17, 15) is 14.4 Å². The van der Waals surface area contributed by atoms with E-state index >= 15 is 0 Å². The fourth-order valence-corrected chi connectivity index (χ4v) is 3.09. The van der Waals surface area contributed by atoms with Crippen molar-refractivity contribution in [3.8, 4) is 0 Å². The van der Waals surface area contributed by atoms with Gasteiger partial charge in [-0.1, -0.05) is 24.3 Å². The molecule has 0 fully saturated rings. The summed E-state index contributed by atoms with van der Waals surface area (Å²) >= 11 is 0. The molecule has 3 aromatic rings. The quantitative estimate of drug-likeness (QED) is 0.574. The molecule has 0 saturated carbocycles. The van der Waals surface area contributed by atoms with Crippen molar-refractivity contribution >= 4 is 28.4 Å². The Hall–Kier alpha value is -3.21. The van der Waals surface area contributed by atoms with E-state index in [-0.39, 0.29) is 25.3 Å². The fourth-order valence-electron chi connectivity index (χ4n) is 3.09. The molecule has 1 aromatic heterocycles. The molecule has 0 radical (unpaired) electrons. The highest BCUT2D eigenvalue weighted by molar-refractivity contribution is 6.32. The Morgan fingerprint density at radius 3 is 2.50 bits per heavy atom. The summed E-state index contributed by atoms with van der Waals surface area (Å²) in [6, 6.07) is 11.7. The third kappa shape index (κ3) is 1.91. The van der Waals surface area contributed by atoms with Crippen LogP contribution in [0.1, 0.15) is 50.7 Å². The van der Waals surface area contributed by atoms with Crippen molar-refractivity contribution < 1.29 is 20.5 Å². The van der Waals surface area contributed by atoms with E-state index in [2.05, 4.69) is 4.98 Å². The van der Waals surface area contributed by atoms with Gasteiger partial charge in [0, 0.05) is 23.5 Å². The summed E-state index contributed by atoms with van der Waals surface area (Å²) in [5.41, 5.74) is 2.37. The van der Waals surface area contributed by atoms with Crippen molar-refractivity contribution in [2.24, 2.45) is 0 Å². The van der Waals surface area contributed by atoms with E-state index in [0.717, 1.165) is 0 Å². The minimum absolute atomic E-state index is 0. The molecule has 24 heavy (non-hydrogen) atoms. The summed E-state index contributed by atoms with van der Waals surface area (Å²) < 4.78 is 5.00. The number of aromatic amines is 1. The monoisotopic (exact) mass is 321 g/mol. The average molecular weight is 321 g/mol. The zero-order valence-electron chi connectivity index (χ0n) is 12.9. The summed E-state index contributed by atoms with van der Waals surface area (Å²) in [6.07, 6.45) is 0. The van der Waals surface area contributed by atoms with Crippen LogP contribution >= 0.6 is 0 Å². The summed E-state index contributed by atoms with van der Waals surface area (Å²) in [4.78, 5) is 40.5. The molecule has 0 saturated heterocycles. The van der Waals surface area contributed by atoms with Gasteiger partial charge in [-0.15, -0.1) is 0 Å². The van der Waals surface area contributed by atoms with Crippen LogP contribution in [0.5, 0.6) is 0 Å². The number of benzene rings is 2. The van der Waals surface area contributed by atoms with Gasteiger partial charge in [0.15, 0.2) is 5.78 Å². The van der Waals surface area contributed by atoms with Crippen molar-refractivity contribution in [2.75, 3.05) is 6.61 Å². The topological polar surface area (TPSA) is 76.2 Å². The van der Waals surface area contributed by atoms with E-state index in [0.29, 0.717) is 33.2 Å². The second-order valence-corrected chi connectivity index (χ2v) is 5.56. The lowest BCUT2D eigenvalue weighted by Gasteiger charge is -2.13. The molecule has 1 N–H and O–H groups in total. The Morgan fingerprint density at radius 2 is 1.79 bits per heavy atom. The van der Waals surface area contributed by atoms with Gasteiger partial charge in [0.05, 0.1) is 23.4 Å². The van der Waals surface area contributed by atoms with Gasteiger partial charge in [0.25, 0.3) is 0 Å². The number of rotatable bonds is 2. The number of hydrogen-bond donors (Lipinski definition) is 1. The van der Waals surface area contributed by atoms with Gasteiger partial charge < -0.3 is 9.72 Å². The van der Waals surface area contributed by atoms with Gasteiger partial charge >= 0.3 is 5.97 Å². The first-order valence-electron chi connectivity index (χ1n) is 7.63. The number of fused-ring (bicyclic) bond motifs is 4. The molecule has 1 aliphatic rings. The Labute approximate surface area is 138 Å². The highest BCUT2D eigenvalue weighted by Crippen LogP contribution is 2.33. The number of hydrogen-bond acceptors (Lipinski definition) is 4. The number of ether oxygens (including phenoxy) is 1. The molecule has 0 atom stereocenters. The maximum absolute atomic E-state index is 12.8. The Bertz CT molecular complexity index is 1040. The van der Waals surface area contributed by atoms with Gasteiger partial charge in [-0.3, -0.25) is 9.59 Å². The highest BCUT2D eigenvalue weighted by Gasteiger charge is 2.33. The molecule has 0 spiro atoms. The van der Waals surface area contributed by atoms with Crippen molar-refractivity contribution in [1.82, 2.24) is 4.98 Å². The lowest BCUT2D eigenvalue weighted by atomic mass is 9.87. The van der Waals surface area contributed by atoms with Crippen LogP contribution in [0.3, 0.4) is 0 Å². The number of esters is 1. The van der Waals surface area contributed by atoms with Crippen molar-refractivity contribution in [3.63, 3.8) is 0 Å². The molecule has 0 unspecified atom stereocenters. The summed E-state index contributed by atoms with van der Waals surface area (Å²) in [5.74, 6) is -0.883. The third-order valence-electron chi connectivity index (χ3n) is 4.18. The van der Waals surface area contributed by atoms with Gasteiger partial charge in [0.1, 0.15) is 0 Å². The molecule has 1 aliphatic carbocycles. The van der Waals surface area contributed by atoms with Gasteiger partial charge in [-0.25, -0.2) is 4.79 Å². The molecule has 0 aliphatic heterocycles. The van der Waals surface area contributed by atoms with E-state index in [1.165, 1.54) is 0 Å². The van der Waals surface area contributed by atoms with Crippen LogP contribution in [0.25, 0.3) is 10.9 Å². The molecule has 4 rings (SSSR count). The smallest absolute Gasteiger partial charge is 0.338 e. The molecular weight excluding hydrogens is 306 g/mol. The average Bonchev–Trinajstić information content (AvgIpc) is 2.99. The normalized spacial score (nSPS) is 12.9. The molecular formula is C19H15NO4. The molecule has 5 nitrogen and oxygen atoms in total. The zero-order valence-corrected chi connectivity index (χ0v) is 12.9. The standard InChI is InChI=1S/C19H13NO4.H2/c1-2-24-19(23)10-7-8-14-13(9-10)15-16(20-14)18(22)12-6-4-3-5-11(12)17(15)21;/h3-9,20H,2H2,1H3;1H. The number of carbonyl (C=O) groups excluding carboxylic acids is 3. The minimum Gasteiger partial charge on any atom is -0.462 e. The summed E-state index contributed by atoms with van der Waals surface area (Å²) in [6.45, 7) is 2.00. The van der Waals surface area contributed by atoms with E-state index < -0.39 is 5.97 Å². The van der Waals surface area contributed by atoms with Crippen molar-refractivity contribution in [1.29, 1.82) is 0 Å². The molecule has 2 aromatic carbocycles. The fraction of sp³-hybridized carbons (Fsp3) is 0.105. The first-order chi connectivity index (χ1) is 11.6. The number of nitrogens with one attached hydrogen (secondary N) is 1. The van der Waals surface area contributed by atoms with E-state index in [1.807, 2.05) is 0 Å². The van der Waals surface area contributed by atoms with Crippen molar-refractivity contribution in [3.05, 3.63) is 70.4 Å². The number of aromatic nitrogens is 1. The predicted molar refractivity (Wildman–Crippen MR) is 89.7 cm³/mol. The van der Waals surface area contributed by atoms with Crippen LogP contribution in [-0.2, 0) is 4.74 Å². The van der Waals surface area contributed by atoms with E-state index in [1.54, 1.807) is 49.4 Å².